The number of thiophene rings is 1. The molecule has 3 aromatic heterocycles. The zero-order chi connectivity index (χ0) is 35.3. The summed E-state index contributed by atoms with van der Waals surface area (Å²) < 4.78 is 9.36. The van der Waals surface area contributed by atoms with Crippen LogP contribution in [0.5, 0.6) is 0 Å². The maximum atomic E-state index is 6.85. The van der Waals surface area contributed by atoms with E-state index in [0.717, 1.165) is 49.8 Å². The third-order valence-corrected chi connectivity index (χ3v) is 15.6. The average Bonchev–Trinajstić information content (AvgIpc) is 3.85. The van der Waals surface area contributed by atoms with Crippen LogP contribution in [0.25, 0.3) is 98.5 Å². The van der Waals surface area contributed by atoms with Crippen LogP contribution in [0.4, 0.5) is 0 Å². The van der Waals surface area contributed by atoms with Gasteiger partial charge in [-0.05, 0) is 63.5 Å². The second kappa shape index (κ2) is 11.4. The third-order valence-electron chi connectivity index (χ3n) is 11.0. The Balaban J connectivity index is 1.23. The molecule has 0 saturated carbocycles. The summed E-state index contributed by atoms with van der Waals surface area (Å²) in [5, 5.41) is 7.33. The van der Waals surface area contributed by atoms with Crippen molar-refractivity contribution in [3.63, 3.8) is 0 Å². The van der Waals surface area contributed by atoms with Crippen molar-refractivity contribution in [3.8, 4) is 56.4 Å². The fraction of sp³-hybridized carbons (Fsp3) is 0.0426. The van der Waals surface area contributed by atoms with Gasteiger partial charge in [-0.3, -0.25) is 0 Å². The van der Waals surface area contributed by atoms with E-state index in [1.54, 1.807) is 0 Å². The molecule has 0 fully saturated rings. The SMILES string of the molecule is C[Si]1(C)c2ccccc2-c2c1cc(-c1nc(-c3ccc4sc5ccccc5c4c3)nc(-c3ccccc3-c3ccccc3)n1)c1c2oc2ccccc21. The van der Waals surface area contributed by atoms with Gasteiger partial charge in [0.2, 0.25) is 0 Å². The lowest BCUT2D eigenvalue weighted by molar-refractivity contribution is 0.670. The molecule has 0 atom stereocenters. The van der Waals surface area contributed by atoms with Crippen LogP contribution in [0.15, 0.2) is 156 Å². The fourth-order valence-corrected chi connectivity index (χ4v) is 12.5. The van der Waals surface area contributed by atoms with Crippen molar-refractivity contribution < 1.29 is 4.42 Å². The predicted octanol–water partition coefficient (Wildman–Crippen LogP) is 11.6. The standard InChI is InChI=1S/C47H31N3OSSi/c1-53(2)40-23-13-10-20-34(40)43-41(53)27-36(42-33-19-8-11-21-37(33)51-44(42)43)47-49-45(29-24-25-39-35(26-29)31-17-9-12-22-38(31)52-39)48-46(50-47)32-18-7-6-16-30(32)28-14-4-3-5-15-28/h3-27H,1-2H3. The van der Waals surface area contributed by atoms with Gasteiger partial charge in [0.1, 0.15) is 19.2 Å². The van der Waals surface area contributed by atoms with E-state index in [0.29, 0.717) is 17.5 Å². The number of furan rings is 1. The van der Waals surface area contributed by atoms with Gasteiger partial charge in [0.15, 0.2) is 17.5 Å². The minimum atomic E-state index is -2.10. The van der Waals surface area contributed by atoms with Crippen molar-refractivity contribution in [1.29, 1.82) is 0 Å². The van der Waals surface area contributed by atoms with Crippen molar-refractivity contribution in [2.24, 2.45) is 0 Å². The maximum absolute atomic E-state index is 6.85. The quantitative estimate of drug-likeness (QED) is 0.170. The van der Waals surface area contributed by atoms with Crippen LogP contribution in [-0.4, -0.2) is 23.0 Å². The van der Waals surface area contributed by atoms with Gasteiger partial charge in [0.05, 0.1) is 0 Å². The van der Waals surface area contributed by atoms with Crippen LogP contribution in [-0.2, 0) is 0 Å². The normalized spacial score (nSPS) is 13.2. The van der Waals surface area contributed by atoms with Crippen molar-refractivity contribution in [2.45, 2.75) is 13.1 Å². The molecule has 1 aliphatic rings. The lowest BCUT2D eigenvalue weighted by Gasteiger charge is -2.19. The van der Waals surface area contributed by atoms with E-state index < -0.39 is 8.07 Å². The molecular weight excluding hydrogens is 683 g/mol. The van der Waals surface area contributed by atoms with Gasteiger partial charge < -0.3 is 4.42 Å². The van der Waals surface area contributed by atoms with Crippen molar-refractivity contribution in [3.05, 3.63) is 152 Å². The molecule has 0 bridgehead atoms. The summed E-state index contributed by atoms with van der Waals surface area (Å²) >= 11 is 1.81. The first kappa shape index (κ1) is 30.4. The number of hydrogen-bond acceptors (Lipinski definition) is 5. The maximum Gasteiger partial charge on any atom is 0.164 e. The van der Waals surface area contributed by atoms with Crippen LogP contribution in [0.2, 0.25) is 13.1 Å². The Hall–Kier alpha value is -6.21. The molecule has 0 saturated heterocycles. The third kappa shape index (κ3) is 4.56. The Morgan fingerprint density at radius 2 is 1.11 bits per heavy atom. The monoisotopic (exact) mass is 713 g/mol. The molecule has 250 valence electrons. The molecule has 10 aromatic rings. The molecule has 0 unspecified atom stereocenters. The molecule has 0 spiro atoms. The second-order valence-corrected chi connectivity index (χ2v) is 19.8. The molecule has 0 aliphatic carbocycles. The summed E-state index contributed by atoms with van der Waals surface area (Å²) in [6.45, 7) is 4.88. The summed E-state index contributed by atoms with van der Waals surface area (Å²) in [4.78, 5) is 16.1. The zero-order valence-electron chi connectivity index (χ0n) is 29.1. The largest absolute Gasteiger partial charge is 0.455 e. The molecule has 7 aromatic carbocycles. The fourth-order valence-electron chi connectivity index (χ4n) is 8.39. The molecule has 11 rings (SSSR count). The molecule has 4 nitrogen and oxygen atoms in total. The Bertz CT molecular complexity index is 3110. The second-order valence-electron chi connectivity index (χ2n) is 14.3. The van der Waals surface area contributed by atoms with E-state index in [1.807, 2.05) is 23.5 Å². The number of aromatic nitrogens is 3. The van der Waals surface area contributed by atoms with Crippen LogP contribution in [0, 0.1) is 0 Å². The summed E-state index contributed by atoms with van der Waals surface area (Å²) in [5.74, 6) is 1.93. The van der Waals surface area contributed by atoms with E-state index in [4.69, 9.17) is 19.4 Å². The minimum Gasteiger partial charge on any atom is -0.455 e. The summed E-state index contributed by atoms with van der Waals surface area (Å²) in [7, 11) is -2.10. The number of benzene rings is 7. The number of para-hydroxylation sites is 1. The lowest BCUT2D eigenvalue weighted by atomic mass is 9.97. The first-order valence-corrected chi connectivity index (χ1v) is 21.8. The van der Waals surface area contributed by atoms with Crippen LogP contribution >= 0.6 is 11.3 Å². The Morgan fingerprint density at radius 1 is 0.472 bits per heavy atom. The van der Waals surface area contributed by atoms with E-state index in [2.05, 4.69) is 153 Å². The number of rotatable bonds is 4. The van der Waals surface area contributed by atoms with Gasteiger partial charge in [-0.25, -0.2) is 15.0 Å². The summed E-state index contributed by atoms with van der Waals surface area (Å²) in [6.07, 6.45) is 0. The summed E-state index contributed by atoms with van der Waals surface area (Å²) in [5.41, 5.74) is 9.34. The highest BCUT2D eigenvalue weighted by Crippen LogP contribution is 2.44. The highest BCUT2D eigenvalue weighted by molar-refractivity contribution is 7.25. The summed E-state index contributed by atoms with van der Waals surface area (Å²) in [6, 6.07) is 53.7. The molecule has 0 N–H and O–H groups in total. The molecule has 1 aliphatic heterocycles. The van der Waals surface area contributed by atoms with E-state index in [1.165, 1.54) is 41.7 Å². The molecule has 0 amide bonds. The highest BCUT2D eigenvalue weighted by Gasteiger charge is 2.40. The topological polar surface area (TPSA) is 51.8 Å². The van der Waals surface area contributed by atoms with Gasteiger partial charge in [-0.1, -0.05) is 128 Å². The van der Waals surface area contributed by atoms with E-state index >= 15 is 0 Å². The predicted molar refractivity (Wildman–Crippen MR) is 224 cm³/mol. The van der Waals surface area contributed by atoms with Gasteiger partial charge in [0.25, 0.3) is 0 Å². The van der Waals surface area contributed by atoms with Gasteiger partial charge in [-0.2, -0.15) is 0 Å². The number of fused-ring (bicyclic) bond motifs is 10. The van der Waals surface area contributed by atoms with E-state index in [9.17, 15) is 0 Å². The van der Waals surface area contributed by atoms with Crippen LogP contribution < -0.4 is 10.4 Å². The molecule has 6 heteroatoms. The molecular formula is C47H31N3OSSi. The molecule has 4 heterocycles. The van der Waals surface area contributed by atoms with Crippen molar-refractivity contribution in [1.82, 2.24) is 15.0 Å². The zero-order valence-corrected chi connectivity index (χ0v) is 30.9. The van der Waals surface area contributed by atoms with Gasteiger partial charge >= 0.3 is 0 Å². The van der Waals surface area contributed by atoms with E-state index in [-0.39, 0.29) is 0 Å². The number of nitrogens with zero attached hydrogens (tertiary/aromatic N) is 3. The smallest absolute Gasteiger partial charge is 0.164 e. The first-order chi connectivity index (χ1) is 26.0. The molecule has 53 heavy (non-hydrogen) atoms. The minimum absolute atomic E-state index is 0.640. The van der Waals surface area contributed by atoms with Crippen LogP contribution in [0.1, 0.15) is 0 Å². The van der Waals surface area contributed by atoms with Crippen molar-refractivity contribution in [2.75, 3.05) is 0 Å². The van der Waals surface area contributed by atoms with Gasteiger partial charge in [-0.15, -0.1) is 11.3 Å². The Labute approximate surface area is 311 Å². The Morgan fingerprint density at radius 3 is 1.96 bits per heavy atom. The Kier molecular flexibility index (Phi) is 6.54. The van der Waals surface area contributed by atoms with Crippen LogP contribution in [0.3, 0.4) is 0 Å². The number of hydrogen-bond donors (Lipinski definition) is 0. The highest BCUT2D eigenvalue weighted by atomic mass is 32.1. The van der Waals surface area contributed by atoms with Gasteiger partial charge in [0, 0.05) is 53.2 Å². The lowest BCUT2D eigenvalue weighted by Crippen LogP contribution is -2.49. The average molecular weight is 714 g/mol. The van der Waals surface area contributed by atoms with Crippen molar-refractivity contribution >= 4 is 71.9 Å². The first-order valence-electron chi connectivity index (χ1n) is 17.9. The molecule has 0 radical (unpaired) electrons.